The minimum atomic E-state index is -0.412. The summed E-state index contributed by atoms with van der Waals surface area (Å²) in [6.07, 6.45) is 2.15. The highest BCUT2D eigenvalue weighted by Gasteiger charge is 2.25. The van der Waals surface area contributed by atoms with Gasteiger partial charge in [0.1, 0.15) is 5.69 Å². The third kappa shape index (κ3) is 4.22. The van der Waals surface area contributed by atoms with Crippen molar-refractivity contribution in [1.29, 1.82) is 0 Å². The molecule has 7 heteroatoms. The Bertz CT molecular complexity index is 841. The van der Waals surface area contributed by atoms with E-state index < -0.39 is 4.92 Å². The fourth-order valence-corrected chi connectivity index (χ4v) is 3.66. The van der Waals surface area contributed by atoms with Crippen LogP contribution in [0.4, 0.5) is 17.1 Å². The zero-order valence-corrected chi connectivity index (χ0v) is 16.0. The van der Waals surface area contributed by atoms with E-state index in [0.717, 1.165) is 30.4 Å². The Hall–Kier alpha value is -2.41. The number of halogens is 1. The van der Waals surface area contributed by atoms with Gasteiger partial charge in [-0.3, -0.25) is 14.9 Å². The fourth-order valence-electron chi connectivity index (χ4n) is 3.26. The van der Waals surface area contributed by atoms with Gasteiger partial charge in [-0.25, -0.2) is 0 Å². The highest BCUT2D eigenvalue weighted by molar-refractivity contribution is 9.10. The second-order valence-corrected chi connectivity index (χ2v) is 7.53. The van der Waals surface area contributed by atoms with Gasteiger partial charge in [0, 0.05) is 34.9 Å². The van der Waals surface area contributed by atoms with Gasteiger partial charge in [-0.2, -0.15) is 0 Å². The monoisotopic (exact) mass is 417 g/mol. The molecule has 1 aliphatic rings. The van der Waals surface area contributed by atoms with Crippen LogP contribution in [-0.2, 0) is 0 Å². The lowest BCUT2D eigenvalue weighted by atomic mass is 9.99. The molecule has 3 rings (SSSR count). The van der Waals surface area contributed by atoms with E-state index in [0.29, 0.717) is 17.3 Å². The predicted octanol–water partition coefficient (Wildman–Crippen LogP) is 4.85. The molecule has 6 nitrogen and oxygen atoms in total. The summed E-state index contributed by atoms with van der Waals surface area (Å²) < 4.78 is 0.843. The van der Waals surface area contributed by atoms with Gasteiger partial charge in [-0.15, -0.1) is 0 Å². The molecule has 0 aliphatic carbocycles. The molecule has 2 aromatic rings. The predicted molar refractivity (Wildman–Crippen MR) is 106 cm³/mol. The lowest BCUT2D eigenvalue weighted by Gasteiger charge is -2.32. The van der Waals surface area contributed by atoms with Crippen molar-refractivity contribution in [3.63, 3.8) is 0 Å². The summed E-state index contributed by atoms with van der Waals surface area (Å²) in [7, 11) is 0. The molecule has 0 unspecified atom stereocenters. The molecule has 1 saturated heterocycles. The van der Waals surface area contributed by atoms with Crippen molar-refractivity contribution in [2.24, 2.45) is 5.92 Å². The number of hydrogen-bond acceptors (Lipinski definition) is 4. The van der Waals surface area contributed by atoms with Gasteiger partial charge in [-0.05, 0) is 49.1 Å². The van der Waals surface area contributed by atoms with Crippen LogP contribution in [0, 0.1) is 16.0 Å². The van der Waals surface area contributed by atoms with Gasteiger partial charge in [0.15, 0.2) is 0 Å². The van der Waals surface area contributed by atoms with E-state index >= 15 is 0 Å². The molecule has 1 atom stereocenters. The van der Waals surface area contributed by atoms with E-state index in [9.17, 15) is 14.9 Å². The van der Waals surface area contributed by atoms with Crippen LogP contribution in [0.25, 0.3) is 0 Å². The number of nitro groups is 1. The molecule has 26 heavy (non-hydrogen) atoms. The normalized spacial score (nSPS) is 17.0. The first-order chi connectivity index (χ1) is 12.4. The van der Waals surface area contributed by atoms with Crippen LogP contribution in [-0.4, -0.2) is 23.9 Å². The van der Waals surface area contributed by atoms with Crippen LogP contribution in [0.2, 0.25) is 0 Å². The standard InChI is InChI=1S/C19H20BrN3O3/c1-13-4-3-9-22(12-13)17-8-7-14(10-18(17)23(25)26)19(24)21-16-6-2-5-15(20)11-16/h2,5-8,10-11,13H,3-4,9,12H2,1H3,(H,21,24)/t13-/m1/s1. The van der Waals surface area contributed by atoms with Crippen molar-refractivity contribution in [3.8, 4) is 0 Å². The summed E-state index contributed by atoms with van der Waals surface area (Å²) in [6.45, 7) is 3.75. The van der Waals surface area contributed by atoms with Gasteiger partial charge < -0.3 is 10.2 Å². The number of hydrogen-bond donors (Lipinski definition) is 1. The molecule has 1 aliphatic heterocycles. The molecule has 2 aromatic carbocycles. The van der Waals surface area contributed by atoms with Crippen LogP contribution in [0.15, 0.2) is 46.9 Å². The topological polar surface area (TPSA) is 75.5 Å². The van der Waals surface area contributed by atoms with Gasteiger partial charge >= 0.3 is 0 Å². The molecule has 0 radical (unpaired) electrons. The largest absolute Gasteiger partial charge is 0.366 e. The van der Waals surface area contributed by atoms with Crippen molar-refractivity contribution in [2.75, 3.05) is 23.3 Å². The average Bonchev–Trinajstić information content (AvgIpc) is 2.61. The van der Waals surface area contributed by atoms with Gasteiger partial charge in [-0.1, -0.05) is 28.9 Å². The second-order valence-electron chi connectivity index (χ2n) is 6.62. The molecule has 0 bridgehead atoms. The SMILES string of the molecule is C[C@@H]1CCCN(c2ccc(C(=O)Nc3cccc(Br)c3)cc2[N+](=O)[O-])C1. The number of carbonyl (C=O) groups excluding carboxylic acids is 1. The van der Waals surface area contributed by atoms with Crippen LogP contribution >= 0.6 is 15.9 Å². The van der Waals surface area contributed by atoms with Crippen LogP contribution in [0.5, 0.6) is 0 Å². The number of nitrogens with zero attached hydrogens (tertiary/aromatic N) is 2. The lowest BCUT2D eigenvalue weighted by Crippen LogP contribution is -2.34. The number of benzene rings is 2. The molecule has 1 amide bonds. The Morgan fingerprint density at radius 3 is 2.81 bits per heavy atom. The third-order valence-corrected chi connectivity index (χ3v) is 5.01. The van der Waals surface area contributed by atoms with Gasteiger partial charge in [0.2, 0.25) is 0 Å². The summed E-state index contributed by atoms with van der Waals surface area (Å²) in [5.41, 5.74) is 1.45. The minimum Gasteiger partial charge on any atom is -0.366 e. The second kappa shape index (κ2) is 7.86. The van der Waals surface area contributed by atoms with E-state index in [1.54, 1.807) is 24.3 Å². The van der Waals surface area contributed by atoms with Crippen molar-refractivity contribution in [1.82, 2.24) is 0 Å². The number of anilines is 2. The van der Waals surface area contributed by atoms with Gasteiger partial charge in [0.25, 0.3) is 11.6 Å². The zero-order valence-electron chi connectivity index (χ0n) is 14.4. The smallest absolute Gasteiger partial charge is 0.293 e. The molecule has 1 N–H and O–H groups in total. The summed E-state index contributed by atoms with van der Waals surface area (Å²) in [4.78, 5) is 25.7. The highest BCUT2D eigenvalue weighted by atomic mass is 79.9. The molecule has 136 valence electrons. The van der Waals surface area contributed by atoms with E-state index in [1.807, 2.05) is 17.0 Å². The van der Waals surface area contributed by atoms with E-state index in [2.05, 4.69) is 28.2 Å². The molecular formula is C19H20BrN3O3. The molecule has 0 saturated carbocycles. The van der Waals surface area contributed by atoms with Gasteiger partial charge in [0.05, 0.1) is 4.92 Å². The summed E-state index contributed by atoms with van der Waals surface area (Å²) in [5.74, 6) is 0.132. The molecule has 0 spiro atoms. The summed E-state index contributed by atoms with van der Waals surface area (Å²) >= 11 is 3.35. The van der Waals surface area contributed by atoms with Crippen LogP contribution in [0.1, 0.15) is 30.1 Å². The van der Waals surface area contributed by atoms with E-state index in [4.69, 9.17) is 0 Å². The Morgan fingerprint density at radius 2 is 2.12 bits per heavy atom. The molecule has 1 fully saturated rings. The first-order valence-corrected chi connectivity index (χ1v) is 9.33. The third-order valence-electron chi connectivity index (χ3n) is 4.51. The zero-order chi connectivity index (χ0) is 18.7. The van der Waals surface area contributed by atoms with E-state index in [1.165, 1.54) is 6.07 Å². The number of nitro benzene ring substituents is 1. The summed E-state index contributed by atoms with van der Waals surface area (Å²) in [5, 5.41) is 14.3. The average molecular weight is 418 g/mol. The van der Waals surface area contributed by atoms with E-state index in [-0.39, 0.29) is 17.2 Å². The summed E-state index contributed by atoms with van der Waals surface area (Å²) in [6, 6.07) is 11.9. The number of piperidine rings is 1. The molecule has 1 heterocycles. The first-order valence-electron chi connectivity index (χ1n) is 8.54. The maximum absolute atomic E-state index is 12.5. The molecule has 0 aromatic heterocycles. The maximum atomic E-state index is 12.5. The minimum absolute atomic E-state index is 0.0269. The van der Waals surface area contributed by atoms with Crippen molar-refractivity contribution in [3.05, 3.63) is 62.6 Å². The first kappa shape index (κ1) is 18.4. The highest BCUT2D eigenvalue weighted by Crippen LogP contribution is 2.32. The Labute approximate surface area is 160 Å². The quantitative estimate of drug-likeness (QED) is 0.569. The van der Waals surface area contributed by atoms with Crippen molar-refractivity contribution >= 4 is 38.9 Å². The number of nitrogens with one attached hydrogen (secondary N) is 1. The Morgan fingerprint density at radius 1 is 1.31 bits per heavy atom. The lowest BCUT2D eigenvalue weighted by molar-refractivity contribution is -0.384. The Kier molecular flexibility index (Phi) is 5.56. The van der Waals surface area contributed by atoms with Crippen LogP contribution in [0.3, 0.4) is 0 Å². The van der Waals surface area contributed by atoms with Crippen molar-refractivity contribution in [2.45, 2.75) is 19.8 Å². The Balaban J connectivity index is 1.86. The number of carbonyl (C=O) groups is 1. The van der Waals surface area contributed by atoms with Crippen molar-refractivity contribution < 1.29 is 9.72 Å². The number of rotatable bonds is 4. The maximum Gasteiger partial charge on any atom is 0.293 e. The fraction of sp³-hybridized carbons (Fsp3) is 0.316. The van der Waals surface area contributed by atoms with Crippen LogP contribution < -0.4 is 10.2 Å². The molecular weight excluding hydrogens is 398 g/mol. The number of amides is 1.